The minimum atomic E-state index is -3.61. The lowest BCUT2D eigenvalue weighted by molar-refractivity contribution is 0.171. The van der Waals surface area contributed by atoms with Crippen LogP contribution in [0.4, 0.5) is 0 Å². The van der Waals surface area contributed by atoms with E-state index in [0.717, 1.165) is 4.88 Å². The molecular formula is C17H15ClN2O5S2. The first-order valence-corrected chi connectivity index (χ1v) is 11.1. The minimum absolute atomic E-state index is 0.0574. The molecule has 0 unspecified atom stereocenters. The number of ether oxygens (including phenoxy) is 2. The highest BCUT2D eigenvalue weighted by Gasteiger charge is 2.29. The Bertz CT molecular complexity index is 1060. The van der Waals surface area contributed by atoms with E-state index in [2.05, 4.69) is 10.1 Å². The zero-order valence-corrected chi connectivity index (χ0v) is 16.6. The van der Waals surface area contributed by atoms with Crippen LogP contribution in [0.2, 0.25) is 5.02 Å². The van der Waals surface area contributed by atoms with Crippen LogP contribution in [0.3, 0.4) is 0 Å². The molecule has 142 valence electrons. The molecule has 0 spiro atoms. The fraction of sp³-hybridized carbons (Fsp3) is 0.294. The van der Waals surface area contributed by atoms with Crippen LogP contribution in [0.5, 0.6) is 11.5 Å². The molecule has 0 aliphatic carbocycles. The van der Waals surface area contributed by atoms with Gasteiger partial charge in [-0.05, 0) is 36.1 Å². The molecule has 27 heavy (non-hydrogen) atoms. The zero-order chi connectivity index (χ0) is 19.0. The van der Waals surface area contributed by atoms with Gasteiger partial charge in [0.2, 0.25) is 11.7 Å². The Morgan fingerprint density at radius 1 is 1.30 bits per heavy atom. The summed E-state index contributed by atoms with van der Waals surface area (Å²) in [7, 11) is -3.61. The normalized spacial score (nSPS) is 14.9. The van der Waals surface area contributed by atoms with Crippen molar-refractivity contribution in [3.63, 3.8) is 0 Å². The zero-order valence-electron chi connectivity index (χ0n) is 14.2. The molecule has 7 nitrogen and oxygen atoms in total. The Morgan fingerprint density at radius 2 is 2.11 bits per heavy atom. The summed E-state index contributed by atoms with van der Waals surface area (Å²) in [5, 5.41) is 5.13. The first kappa shape index (κ1) is 18.3. The number of sulfone groups is 1. The third-order valence-electron chi connectivity index (χ3n) is 4.09. The molecule has 0 fully saturated rings. The summed E-state index contributed by atoms with van der Waals surface area (Å²) in [4.78, 5) is 5.04. The Morgan fingerprint density at radius 3 is 2.89 bits per heavy atom. The maximum Gasteiger partial charge on any atom is 0.245 e. The second kappa shape index (κ2) is 7.14. The van der Waals surface area contributed by atoms with Gasteiger partial charge in [-0.2, -0.15) is 4.98 Å². The van der Waals surface area contributed by atoms with E-state index in [0.29, 0.717) is 41.1 Å². The summed E-state index contributed by atoms with van der Waals surface area (Å²) in [5.74, 6) is 1.09. The summed E-state index contributed by atoms with van der Waals surface area (Å²) >= 11 is 7.64. The predicted molar refractivity (Wildman–Crippen MR) is 101 cm³/mol. The minimum Gasteiger partial charge on any atom is -0.486 e. The van der Waals surface area contributed by atoms with Crippen LogP contribution in [-0.2, 0) is 15.6 Å². The van der Waals surface area contributed by atoms with Gasteiger partial charge < -0.3 is 14.0 Å². The number of halogens is 1. The third-order valence-corrected chi connectivity index (χ3v) is 7.26. The van der Waals surface area contributed by atoms with Crippen LogP contribution >= 0.6 is 22.9 Å². The van der Waals surface area contributed by atoms with Crippen molar-refractivity contribution >= 4 is 32.8 Å². The van der Waals surface area contributed by atoms with Gasteiger partial charge in [-0.15, -0.1) is 11.3 Å². The number of hydrogen-bond donors (Lipinski definition) is 0. The molecule has 3 aromatic rings. The van der Waals surface area contributed by atoms with E-state index in [1.54, 1.807) is 12.1 Å². The van der Waals surface area contributed by atoms with Crippen LogP contribution in [-0.4, -0.2) is 31.8 Å². The smallest absolute Gasteiger partial charge is 0.245 e. The van der Waals surface area contributed by atoms with Crippen molar-refractivity contribution in [3.8, 4) is 22.2 Å². The van der Waals surface area contributed by atoms with E-state index in [9.17, 15) is 8.42 Å². The fourth-order valence-corrected chi connectivity index (χ4v) is 4.89. The van der Waals surface area contributed by atoms with Crippen molar-refractivity contribution in [2.24, 2.45) is 0 Å². The molecule has 1 aliphatic heterocycles. The highest BCUT2D eigenvalue weighted by atomic mass is 35.5. The Hall–Kier alpha value is -2.10. The molecule has 0 saturated heterocycles. The number of fused-ring (bicyclic) bond motifs is 1. The number of benzene rings is 1. The molecule has 3 heterocycles. The molecule has 0 radical (unpaired) electrons. The Balaban J connectivity index is 1.57. The lowest BCUT2D eigenvalue weighted by Crippen LogP contribution is -2.17. The van der Waals surface area contributed by atoms with Gasteiger partial charge in [-0.3, -0.25) is 0 Å². The molecule has 1 aliphatic rings. The molecule has 0 amide bonds. The largest absolute Gasteiger partial charge is 0.486 e. The highest BCUT2D eigenvalue weighted by Crippen LogP contribution is 2.39. The monoisotopic (exact) mass is 426 g/mol. The topological polar surface area (TPSA) is 91.5 Å². The van der Waals surface area contributed by atoms with Crippen LogP contribution in [0.25, 0.3) is 10.7 Å². The van der Waals surface area contributed by atoms with E-state index in [-0.39, 0.29) is 11.6 Å². The average molecular weight is 427 g/mol. The van der Waals surface area contributed by atoms with Crippen molar-refractivity contribution in [3.05, 3.63) is 46.1 Å². The molecule has 2 aromatic heterocycles. The highest BCUT2D eigenvalue weighted by molar-refractivity contribution is 7.90. The maximum absolute atomic E-state index is 12.8. The van der Waals surface area contributed by atoms with Gasteiger partial charge in [0, 0.05) is 0 Å². The van der Waals surface area contributed by atoms with Gasteiger partial charge in [0.1, 0.15) is 18.5 Å². The second-order valence-electron chi connectivity index (χ2n) is 5.98. The molecule has 10 heteroatoms. The van der Waals surface area contributed by atoms with Gasteiger partial charge in [0.05, 0.1) is 15.7 Å². The van der Waals surface area contributed by atoms with E-state index >= 15 is 0 Å². The van der Waals surface area contributed by atoms with Gasteiger partial charge in [0.25, 0.3) is 0 Å². The Labute approximate surface area is 164 Å². The maximum atomic E-state index is 12.8. The van der Waals surface area contributed by atoms with E-state index in [1.807, 2.05) is 17.5 Å². The van der Waals surface area contributed by atoms with Gasteiger partial charge in [-0.25, -0.2) is 8.42 Å². The molecule has 1 atom stereocenters. The van der Waals surface area contributed by atoms with E-state index in [1.165, 1.54) is 18.3 Å². The molecule has 0 saturated carbocycles. The van der Waals surface area contributed by atoms with E-state index < -0.39 is 15.1 Å². The number of hydrogen-bond acceptors (Lipinski definition) is 8. The van der Waals surface area contributed by atoms with Gasteiger partial charge in [0.15, 0.2) is 21.3 Å². The second-order valence-corrected chi connectivity index (χ2v) is 9.66. The number of rotatable bonds is 5. The molecular weight excluding hydrogens is 412 g/mol. The average Bonchev–Trinajstić information content (AvgIpc) is 3.32. The van der Waals surface area contributed by atoms with E-state index in [4.69, 9.17) is 25.6 Å². The summed E-state index contributed by atoms with van der Waals surface area (Å²) in [6.07, 6.45) is 0. The standard InChI is InChI=1S/C17H15ClN2O5S2/c1-10(17-19-16(20-25-17)14-3-2-6-26-14)27(21,22)9-11-7-12(18)15-13(8-11)23-4-5-24-15/h2-3,6-8,10H,4-5,9H2,1H3/t10-/m0/s1. The van der Waals surface area contributed by atoms with Crippen LogP contribution in [0, 0.1) is 0 Å². The number of thiophene rings is 1. The lowest BCUT2D eigenvalue weighted by Gasteiger charge is -2.20. The Kier molecular flexibility index (Phi) is 4.83. The molecule has 4 rings (SSSR count). The summed E-state index contributed by atoms with van der Waals surface area (Å²) in [5.41, 5.74) is 0.508. The van der Waals surface area contributed by atoms with Crippen LogP contribution < -0.4 is 9.47 Å². The number of nitrogens with zero attached hydrogens (tertiary/aromatic N) is 2. The number of aromatic nitrogens is 2. The van der Waals surface area contributed by atoms with Crippen molar-refractivity contribution in [1.29, 1.82) is 0 Å². The van der Waals surface area contributed by atoms with Gasteiger partial charge >= 0.3 is 0 Å². The first-order chi connectivity index (χ1) is 12.9. The molecule has 1 aromatic carbocycles. The third kappa shape index (κ3) is 3.67. The van der Waals surface area contributed by atoms with Crippen LogP contribution in [0.1, 0.15) is 23.6 Å². The summed E-state index contributed by atoms with van der Waals surface area (Å²) in [6.45, 7) is 2.33. The van der Waals surface area contributed by atoms with Crippen molar-refractivity contribution in [2.45, 2.75) is 17.9 Å². The lowest BCUT2D eigenvalue weighted by atomic mass is 10.2. The summed E-state index contributed by atoms with van der Waals surface area (Å²) < 4.78 is 41.8. The SMILES string of the molecule is C[C@@H](c1nc(-c2cccs2)no1)S(=O)(=O)Cc1cc(Cl)c2c(c1)OCCO2. The predicted octanol–water partition coefficient (Wildman–Crippen LogP) is 3.90. The quantitative estimate of drug-likeness (QED) is 0.610. The fourth-order valence-electron chi connectivity index (χ4n) is 2.66. The van der Waals surface area contributed by atoms with Crippen molar-refractivity contribution < 1.29 is 22.4 Å². The van der Waals surface area contributed by atoms with Crippen LogP contribution in [0.15, 0.2) is 34.2 Å². The molecule has 0 bridgehead atoms. The van der Waals surface area contributed by atoms with Crippen molar-refractivity contribution in [2.75, 3.05) is 13.2 Å². The molecule has 0 N–H and O–H groups in total. The van der Waals surface area contributed by atoms with Crippen molar-refractivity contribution in [1.82, 2.24) is 10.1 Å². The first-order valence-electron chi connectivity index (χ1n) is 8.11. The summed E-state index contributed by atoms with van der Waals surface area (Å²) in [6, 6.07) is 6.91. The van der Waals surface area contributed by atoms with Gasteiger partial charge in [-0.1, -0.05) is 22.8 Å².